The minimum absolute atomic E-state index is 0.00408. The smallest absolute Gasteiger partial charge is 0.269 e. The van der Waals surface area contributed by atoms with Crippen molar-refractivity contribution in [3.63, 3.8) is 0 Å². The molecule has 0 radical (unpaired) electrons. The molecule has 2 aromatic rings. The largest absolute Gasteiger partial charge is 0.339 e. The van der Waals surface area contributed by atoms with Gasteiger partial charge in [-0.3, -0.25) is 14.9 Å². The highest BCUT2D eigenvalue weighted by Crippen LogP contribution is 2.20. The summed E-state index contributed by atoms with van der Waals surface area (Å²) in [6, 6.07) is 5.82. The van der Waals surface area contributed by atoms with Crippen LogP contribution in [0.25, 0.3) is 11.4 Å². The second-order valence-corrected chi connectivity index (χ2v) is 4.28. The van der Waals surface area contributed by atoms with Gasteiger partial charge in [0.05, 0.1) is 11.3 Å². The predicted molar refractivity (Wildman–Crippen MR) is 70.0 cm³/mol. The third-order valence-electron chi connectivity index (χ3n) is 2.68. The van der Waals surface area contributed by atoms with Crippen LogP contribution >= 0.6 is 0 Å². The molecule has 0 unspecified atom stereocenters. The lowest BCUT2D eigenvalue weighted by Crippen LogP contribution is -2.01. The van der Waals surface area contributed by atoms with Crippen LogP contribution in [0.4, 0.5) is 5.69 Å². The van der Waals surface area contributed by atoms with Crippen molar-refractivity contribution in [1.29, 1.82) is 0 Å². The van der Waals surface area contributed by atoms with Gasteiger partial charge in [0.25, 0.3) is 5.69 Å². The Balaban J connectivity index is 2.12. The van der Waals surface area contributed by atoms with Crippen LogP contribution in [0.1, 0.15) is 25.7 Å². The summed E-state index contributed by atoms with van der Waals surface area (Å²) in [6.45, 7) is 1.92. The molecule has 0 spiro atoms. The van der Waals surface area contributed by atoms with Crippen molar-refractivity contribution in [2.24, 2.45) is 0 Å². The Morgan fingerprint density at radius 1 is 1.35 bits per heavy atom. The molecule has 20 heavy (non-hydrogen) atoms. The number of benzene rings is 1. The van der Waals surface area contributed by atoms with Gasteiger partial charge < -0.3 is 4.52 Å². The molecule has 0 amide bonds. The number of hydrogen-bond acceptors (Lipinski definition) is 6. The number of ketones is 1. The molecule has 1 aromatic carbocycles. The molecule has 0 aliphatic heterocycles. The number of Topliss-reactive ketones (excluding diaryl/α,β-unsaturated/α-hetero) is 1. The van der Waals surface area contributed by atoms with E-state index < -0.39 is 4.92 Å². The van der Waals surface area contributed by atoms with Gasteiger partial charge in [-0.25, -0.2) is 0 Å². The molecule has 0 bridgehead atoms. The molecule has 1 heterocycles. The number of nitro groups is 1. The van der Waals surface area contributed by atoms with E-state index in [4.69, 9.17) is 4.52 Å². The number of hydrogen-bond donors (Lipinski definition) is 0. The number of nitro benzene ring substituents is 1. The molecule has 0 aliphatic rings. The molecule has 7 nitrogen and oxygen atoms in total. The molecule has 2 rings (SSSR count). The lowest BCUT2D eigenvalue weighted by molar-refractivity contribution is -0.384. The molecule has 0 N–H and O–H groups in total. The quantitative estimate of drug-likeness (QED) is 0.593. The summed E-state index contributed by atoms with van der Waals surface area (Å²) in [5.74, 6) is 0.627. The van der Waals surface area contributed by atoms with Crippen LogP contribution in [0.5, 0.6) is 0 Å². The van der Waals surface area contributed by atoms with Crippen molar-refractivity contribution in [3.8, 4) is 11.4 Å². The summed E-state index contributed by atoms with van der Waals surface area (Å²) in [5, 5.41) is 14.3. The molecule has 0 atom stereocenters. The van der Waals surface area contributed by atoms with Gasteiger partial charge in [-0.05, 0) is 18.6 Å². The Morgan fingerprint density at radius 2 is 2.05 bits per heavy atom. The minimum atomic E-state index is -0.477. The van der Waals surface area contributed by atoms with E-state index in [-0.39, 0.29) is 23.8 Å². The highest BCUT2D eigenvalue weighted by molar-refractivity contribution is 5.79. The monoisotopic (exact) mass is 275 g/mol. The van der Waals surface area contributed by atoms with E-state index in [2.05, 4.69) is 10.1 Å². The maximum Gasteiger partial charge on any atom is 0.269 e. The average molecular weight is 275 g/mol. The van der Waals surface area contributed by atoms with Crippen molar-refractivity contribution < 1.29 is 14.2 Å². The second kappa shape index (κ2) is 6.05. The lowest BCUT2D eigenvalue weighted by Gasteiger charge is -1.94. The molecular weight excluding hydrogens is 262 g/mol. The van der Waals surface area contributed by atoms with Crippen molar-refractivity contribution in [3.05, 3.63) is 40.3 Å². The van der Waals surface area contributed by atoms with E-state index in [9.17, 15) is 14.9 Å². The van der Waals surface area contributed by atoms with E-state index in [0.717, 1.165) is 6.42 Å². The third kappa shape index (κ3) is 3.25. The van der Waals surface area contributed by atoms with Gasteiger partial charge in [-0.15, -0.1) is 0 Å². The summed E-state index contributed by atoms with van der Waals surface area (Å²) in [4.78, 5) is 25.7. The third-order valence-corrected chi connectivity index (χ3v) is 2.68. The fraction of sp³-hybridized carbons (Fsp3) is 0.308. The van der Waals surface area contributed by atoms with Crippen LogP contribution < -0.4 is 0 Å². The summed E-state index contributed by atoms with van der Waals surface area (Å²) in [6.07, 6.45) is 1.38. The number of rotatable bonds is 6. The minimum Gasteiger partial charge on any atom is -0.339 e. The van der Waals surface area contributed by atoms with Crippen LogP contribution in [0.2, 0.25) is 0 Å². The Kier molecular flexibility index (Phi) is 4.19. The standard InChI is InChI=1S/C13H13N3O4/c1-2-3-11(17)8-12-14-13(15-20-12)9-4-6-10(7-5-9)16(18)19/h4-7H,2-3,8H2,1H3. The van der Waals surface area contributed by atoms with Crippen molar-refractivity contribution >= 4 is 11.5 Å². The zero-order valence-corrected chi connectivity index (χ0v) is 10.9. The first-order valence-corrected chi connectivity index (χ1v) is 6.19. The molecular formula is C13H13N3O4. The highest BCUT2D eigenvalue weighted by atomic mass is 16.6. The maximum atomic E-state index is 11.5. The Labute approximate surface area is 114 Å². The highest BCUT2D eigenvalue weighted by Gasteiger charge is 2.13. The van der Waals surface area contributed by atoms with Crippen LogP contribution in [-0.2, 0) is 11.2 Å². The fourth-order valence-electron chi connectivity index (χ4n) is 1.71. The van der Waals surface area contributed by atoms with Gasteiger partial charge >= 0.3 is 0 Å². The van der Waals surface area contributed by atoms with E-state index >= 15 is 0 Å². The summed E-state index contributed by atoms with van der Waals surface area (Å²) < 4.78 is 5.00. The van der Waals surface area contributed by atoms with Gasteiger partial charge in [-0.2, -0.15) is 4.98 Å². The average Bonchev–Trinajstić information content (AvgIpc) is 2.87. The summed E-state index contributed by atoms with van der Waals surface area (Å²) >= 11 is 0. The Morgan fingerprint density at radius 3 is 2.65 bits per heavy atom. The molecule has 0 saturated heterocycles. The van der Waals surface area contributed by atoms with Gasteiger partial charge in [0, 0.05) is 24.1 Å². The van der Waals surface area contributed by atoms with Crippen molar-refractivity contribution in [1.82, 2.24) is 10.1 Å². The Hall–Kier alpha value is -2.57. The number of carbonyl (C=O) groups excluding carboxylic acids is 1. The number of carbonyl (C=O) groups is 1. The fourth-order valence-corrected chi connectivity index (χ4v) is 1.71. The normalized spacial score (nSPS) is 10.4. The maximum absolute atomic E-state index is 11.5. The number of nitrogens with zero attached hydrogens (tertiary/aromatic N) is 3. The molecule has 7 heteroatoms. The molecule has 0 saturated carbocycles. The van der Waals surface area contributed by atoms with Gasteiger partial charge in [-0.1, -0.05) is 12.1 Å². The topological polar surface area (TPSA) is 99.1 Å². The summed E-state index contributed by atoms with van der Waals surface area (Å²) in [7, 11) is 0. The Bertz CT molecular complexity index is 619. The van der Waals surface area contributed by atoms with Crippen LogP contribution in [0.15, 0.2) is 28.8 Å². The van der Waals surface area contributed by atoms with E-state index in [1.54, 1.807) is 12.1 Å². The van der Waals surface area contributed by atoms with Gasteiger partial charge in [0.2, 0.25) is 11.7 Å². The van der Waals surface area contributed by atoms with Crippen molar-refractivity contribution in [2.75, 3.05) is 0 Å². The molecule has 0 fully saturated rings. The van der Waals surface area contributed by atoms with Crippen LogP contribution in [0, 0.1) is 10.1 Å². The zero-order chi connectivity index (χ0) is 14.5. The first-order valence-electron chi connectivity index (χ1n) is 6.19. The first kappa shape index (κ1) is 13.9. The zero-order valence-electron chi connectivity index (χ0n) is 10.9. The summed E-state index contributed by atoms with van der Waals surface area (Å²) in [5.41, 5.74) is 0.601. The predicted octanol–water partition coefficient (Wildman–Crippen LogP) is 2.56. The van der Waals surface area contributed by atoms with Crippen LogP contribution in [-0.4, -0.2) is 20.8 Å². The van der Waals surface area contributed by atoms with Crippen LogP contribution in [0.3, 0.4) is 0 Å². The van der Waals surface area contributed by atoms with E-state index in [1.807, 2.05) is 6.92 Å². The lowest BCUT2D eigenvalue weighted by atomic mass is 10.2. The molecule has 1 aromatic heterocycles. The molecule has 0 aliphatic carbocycles. The SMILES string of the molecule is CCCC(=O)Cc1nc(-c2ccc([N+](=O)[O-])cc2)no1. The van der Waals surface area contributed by atoms with E-state index in [0.29, 0.717) is 17.8 Å². The number of aromatic nitrogens is 2. The van der Waals surface area contributed by atoms with Gasteiger partial charge in [0.15, 0.2) is 0 Å². The second-order valence-electron chi connectivity index (χ2n) is 4.28. The first-order chi connectivity index (χ1) is 9.60. The van der Waals surface area contributed by atoms with Crippen molar-refractivity contribution in [2.45, 2.75) is 26.2 Å². The molecule has 104 valence electrons. The van der Waals surface area contributed by atoms with E-state index in [1.165, 1.54) is 12.1 Å². The van der Waals surface area contributed by atoms with Gasteiger partial charge in [0.1, 0.15) is 5.78 Å². The number of non-ortho nitro benzene ring substituents is 1.